The molecule has 0 aromatic heterocycles. The summed E-state index contributed by atoms with van der Waals surface area (Å²) in [5, 5.41) is 3.59. The van der Waals surface area contributed by atoms with Gasteiger partial charge in [0, 0.05) is 13.1 Å². The van der Waals surface area contributed by atoms with Gasteiger partial charge >= 0.3 is 0 Å². The standard InChI is InChI=1S/C16H25N/c1-13(2)15-7-5-14(6-8-15)11-17-12-16(3)9-4-10-16/h5-8,13,17H,4,9-12H2,1-3H3. The van der Waals surface area contributed by atoms with Crippen molar-refractivity contribution in [3.63, 3.8) is 0 Å². The average molecular weight is 231 g/mol. The van der Waals surface area contributed by atoms with E-state index in [4.69, 9.17) is 0 Å². The van der Waals surface area contributed by atoms with E-state index in [1.54, 1.807) is 0 Å². The first-order chi connectivity index (χ1) is 8.09. The lowest BCUT2D eigenvalue weighted by atomic mass is 9.70. The fraction of sp³-hybridized carbons (Fsp3) is 0.625. The van der Waals surface area contributed by atoms with E-state index in [2.05, 4.69) is 50.4 Å². The summed E-state index contributed by atoms with van der Waals surface area (Å²) in [7, 11) is 0. The van der Waals surface area contributed by atoms with Gasteiger partial charge in [0.2, 0.25) is 0 Å². The molecule has 0 atom stereocenters. The molecule has 0 radical (unpaired) electrons. The van der Waals surface area contributed by atoms with Crippen LogP contribution in [-0.4, -0.2) is 6.54 Å². The predicted octanol–water partition coefficient (Wildman–Crippen LogP) is 4.09. The van der Waals surface area contributed by atoms with Crippen molar-refractivity contribution < 1.29 is 0 Å². The van der Waals surface area contributed by atoms with Gasteiger partial charge in [-0.3, -0.25) is 0 Å². The normalized spacial score (nSPS) is 18.1. The molecule has 0 heterocycles. The number of benzene rings is 1. The zero-order valence-corrected chi connectivity index (χ0v) is 11.4. The SMILES string of the molecule is CC(C)c1ccc(CNCC2(C)CCC2)cc1. The molecule has 1 nitrogen and oxygen atoms in total. The first-order valence-electron chi connectivity index (χ1n) is 6.89. The van der Waals surface area contributed by atoms with Crippen LogP contribution in [-0.2, 0) is 6.54 Å². The molecule has 94 valence electrons. The molecule has 2 rings (SSSR count). The molecule has 0 unspecified atom stereocenters. The highest BCUT2D eigenvalue weighted by atomic mass is 14.9. The van der Waals surface area contributed by atoms with Crippen LogP contribution in [0.3, 0.4) is 0 Å². The molecule has 0 bridgehead atoms. The maximum absolute atomic E-state index is 3.59. The first-order valence-corrected chi connectivity index (χ1v) is 6.89. The molecule has 1 saturated carbocycles. The molecule has 0 aliphatic heterocycles. The lowest BCUT2D eigenvalue weighted by molar-refractivity contribution is 0.156. The quantitative estimate of drug-likeness (QED) is 0.805. The van der Waals surface area contributed by atoms with Gasteiger partial charge in [-0.1, -0.05) is 51.5 Å². The molecule has 1 fully saturated rings. The molecule has 0 amide bonds. The van der Waals surface area contributed by atoms with Crippen molar-refractivity contribution in [1.82, 2.24) is 5.32 Å². The number of hydrogen-bond acceptors (Lipinski definition) is 1. The Balaban J connectivity index is 1.79. The Bertz CT molecular complexity index is 346. The largest absolute Gasteiger partial charge is 0.312 e. The van der Waals surface area contributed by atoms with E-state index in [0.29, 0.717) is 11.3 Å². The first kappa shape index (κ1) is 12.6. The molecular formula is C16H25N. The molecule has 1 aliphatic carbocycles. The second kappa shape index (κ2) is 5.22. The zero-order chi connectivity index (χ0) is 12.3. The summed E-state index contributed by atoms with van der Waals surface area (Å²) in [6.45, 7) is 9.05. The van der Waals surface area contributed by atoms with Crippen molar-refractivity contribution in [2.24, 2.45) is 5.41 Å². The summed E-state index contributed by atoms with van der Waals surface area (Å²) in [5.41, 5.74) is 3.41. The third-order valence-electron chi connectivity index (χ3n) is 4.09. The van der Waals surface area contributed by atoms with Crippen molar-refractivity contribution in [3.8, 4) is 0 Å². The molecule has 17 heavy (non-hydrogen) atoms. The van der Waals surface area contributed by atoms with Gasteiger partial charge < -0.3 is 5.32 Å². The third kappa shape index (κ3) is 3.32. The number of hydrogen-bond donors (Lipinski definition) is 1. The van der Waals surface area contributed by atoms with E-state index >= 15 is 0 Å². The van der Waals surface area contributed by atoms with E-state index < -0.39 is 0 Å². The fourth-order valence-corrected chi connectivity index (χ4v) is 2.49. The van der Waals surface area contributed by atoms with Crippen LogP contribution in [0.15, 0.2) is 24.3 Å². The van der Waals surface area contributed by atoms with Crippen molar-refractivity contribution in [2.45, 2.75) is 52.5 Å². The van der Waals surface area contributed by atoms with E-state index in [1.807, 2.05) is 0 Å². The van der Waals surface area contributed by atoms with Gasteiger partial charge in [0.1, 0.15) is 0 Å². The minimum absolute atomic E-state index is 0.581. The summed E-state index contributed by atoms with van der Waals surface area (Å²) in [4.78, 5) is 0. The molecule has 0 saturated heterocycles. The molecule has 1 aliphatic rings. The van der Waals surface area contributed by atoms with Crippen molar-refractivity contribution in [1.29, 1.82) is 0 Å². The highest BCUT2D eigenvalue weighted by Gasteiger charge is 2.30. The van der Waals surface area contributed by atoms with Crippen molar-refractivity contribution in [2.75, 3.05) is 6.54 Å². The third-order valence-corrected chi connectivity index (χ3v) is 4.09. The monoisotopic (exact) mass is 231 g/mol. The van der Waals surface area contributed by atoms with E-state index in [-0.39, 0.29) is 0 Å². The van der Waals surface area contributed by atoms with Crippen LogP contribution in [0.4, 0.5) is 0 Å². The van der Waals surface area contributed by atoms with Crippen LogP contribution < -0.4 is 5.32 Å². The minimum Gasteiger partial charge on any atom is -0.312 e. The Labute approximate surface area is 106 Å². The Kier molecular flexibility index (Phi) is 3.88. The molecule has 0 spiro atoms. The summed E-state index contributed by atoms with van der Waals surface area (Å²) in [5.74, 6) is 0.630. The van der Waals surface area contributed by atoms with Gasteiger partial charge in [-0.15, -0.1) is 0 Å². The van der Waals surface area contributed by atoms with Gasteiger partial charge in [-0.2, -0.15) is 0 Å². The van der Waals surface area contributed by atoms with Crippen LogP contribution in [0.2, 0.25) is 0 Å². The van der Waals surface area contributed by atoms with E-state index in [0.717, 1.165) is 6.54 Å². The molecule has 1 heteroatoms. The van der Waals surface area contributed by atoms with E-state index in [9.17, 15) is 0 Å². The smallest absolute Gasteiger partial charge is 0.0205 e. The Morgan fingerprint density at radius 2 is 1.82 bits per heavy atom. The van der Waals surface area contributed by atoms with Crippen LogP contribution in [0.5, 0.6) is 0 Å². The topological polar surface area (TPSA) is 12.0 Å². The molecule has 1 aromatic rings. The highest BCUT2D eigenvalue weighted by molar-refractivity contribution is 5.24. The van der Waals surface area contributed by atoms with Gasteiger partial charge in [0.15, 0.2) is 0 Å². The van der Waals surface area contributed by atoms with Gasteiger partial charge in [0.25, 0.3) is 0 Å². The van der Waals surface area contributed by atoms with Crippen LogP contribution >= 0.6 is 0 Å². The van der Waals surface area contributed by atoms with Gasteiger partial charge in [-0.05, 0) is 35.3 Å². The van der Waals surface area contributed by atoms with Crippen molar-refractivity contribution in [3.05, 3.63) is 35.4 Å². The van der Waals surface area contributed by atoms with Crippen molar-refractivity contribution >= 4 is 0 Å². The maximum Gasteiger partial charge on any atom is 0.0205 e. The Morgan fingerprint density at radius 1 is 1.18 bits per heavy atom. The number of nitrogens with one attached hydrogen (secondary N) is 1. The average Bonchev–Trinajstić information content (AvgIpc) is 2.27. The fourth-order valence-electron chi connectivity index (χ4n) is 2.49. The second-order valence-corrected chi connectivity index (χ2v) is 6.16. The molecular weight excluding hydrogens is 206 g/mol. The van der Waals surface area contributed by atoms with Crippen LogP contribution in [0, 0.1) is 5.41 Å². The Hall–Kier alpha value is -0.820. The van der Waals surface area contributed by atoms with Gasteiger partial charge in [0.05, 0.1) is 0 Å². The summed E-state index contributed by atoms with van der Waals surface area (Å²) < 4.78 is 0. The maximum atomic E-state index is 3.59. The lowest BCUT2D eigenvalue weighted by Gasteiger charge is -2.38. The zero-order valence-electron chi connectivity index (χ0n) is 11.4. The predicted molar refractivity (Wildman–Crippen MR) is 74.2 cm³/mol. The second-order valence-electron chi connectivity index (χ2n) is 6.16. The highest BCUT2D eigenvalue weighted by Crippen LogP contribution is 2.39. The van der Waals surface area contributed by atoms with E-state index in [1.165, 1.54) is 36.9 Å². The number of rotatable bonds is 5. The molecule has 1 aromatic carbocycles. The summed E-state index contributed by atoms with van der Waals surface area (Å²) >= 11 is 0. The van der Waals surface area contributed by atoms with Crippen LogP contribution in [0.1, 0.15) is 57.1 Å². The summed E-state index contributed by atoms with van der Waals surface area (Å²) in [6.07, 6.45) is 4.21. The van der Waals surface area contributed by atoms with Crippen LogP contribution in [0.25, 0.3) is 0 Å². The van der Waals surface area contributed by atoms with Gasteiger partial charge in [-0.25, -0.2) is 0 Å². The lowest BCUT2D eigenvalue weighted by Crippen LogP contribution is -2.36. The minimum atomic E-state index is 0.581. The summed E-state index contributed by atoms with van der Waals surface area (Å²) in [6, 6.07) is 9.02. The Morgan fingerprint density at radius 3 is 2.29 bits per heavy atom. The molecule has 1 N–H and O–H groups in total.